The highest BCUT2D eigenvalue weighted by atomic mass is 16.5. The van der Waals surface area contributed by atoms with E-state index in [-0.39, 0.29) is 18.7 Å². The molecule has 0 bridgehead atoms. The maximum Gasteiger partial charge on any atom is 0.407 e. The van der Waals surface area contributed by atoms with Gasteiger partial charge in [-0.05, 0) is 31.4 Å². The number of anilines is 1. The molecule has 0 fully saturated rings. The summed E-state index contributed by atoms with van der Waals surface area (Å²) < 4.78 is 4.98. The van der Waals surface area contributed by atoms with E-state index in [4.69, 9.17) is 4.74 Å². The second-order valence-electron chi connectivity index (χ2n) is 6.46. The Balaban J connectivity index is 2.46. The van der Waals surface area contributed by atoms with Gasteiger partial charge in [0.15, 0.2) is 5.78 Å². The molecule has 0 unspecified atom stereocenters. The monoisotopic (exact) mass is 364 g/mol. The number of ketones is 1. The molecule has 0 heterocycles. The number of hydrogen-bond donors (Lipinski definition) is 3. The zero-order valence-corrected chi connectivity index (χ0v) is 16.1. The Morgan fingerprint density at radius 1 is 1.19 bits per heavy atom. The van der Waals surface area contributed by atoms with Crippen molar-refractivity contribution in [3.05, 3.63) is 29.8 Å². The van der Waals surface area contributed by atoms with Crippen molar-refractivity contribution in [3.8, 4) is 0 Å². The average Bonchev–Trinajstić information content (AvgIpc) is 2.66. The van der Waals surface area contributed by atoms with Crippen molar-refractivity contribution < 1.29 is 19.4 Å². The van der Waals surface area contributed by atoms with E-state index in [0.29, 0.717) is 31.6 Å². The lowest BCUT2D eigenvalue weighted by molar-refractivity contribution is 0.0457. The zero-order valence-electron chi connectivity index (χ0n) is 16.1. The van der Waals surface area contributed by atoms with Gasteiger partial charge in [0.2, 0.25) is 0 Å². The van der Waals surface area contributed by atoms with Gasteiger partial charge >= 0.3 is 6.09 Å². The third-order valence-corrected chi connectivity index (χ3v) is 4.47. The number of nitrogens with one attached hydrogen (secondary N) is 2. The summed E-state index contributed by atoms with van der Waals surface area (Å²) in [6.45, 7) is 6.99. The van der Waals surface area contributed by atoms with Crippen LogP contribution in [0.1, 0.15) is 63.2 Å². The van der Waals surface area contributed by atoms with Crippen LogP contribution in [0.15, 0.2) is 24.3 Å². The van der Waals surface area contributed by atoms with E-state index < -0.39 is 11.7 Å². The van der Waals surface area contributed by atoms with E-state index >= 15 is 0 Å². The molecular formula is C20H32N2O4. The van der Waals surface area contributed by atoms with Gasteiger partial charge < -0.3 is 20.5 Å². The van der Waals surface area contributed by atoms with Gasteiger partial charge in [-0.2, -0.15) is 0 Å². The Bertz CT molecular complexity index is 571. The lowest BCUT2D eigenvalue weighted by Crippen LogP contribution is -2.35. The van der Waals surface area contributed by atoms with Crippen LogP contribution >= 0.6 is 0 Å². The summed E-state index contributed by atoms with van der Waals surface area (Å²) in [6, 6.07) is 7.19. The van der Waals surface area contributed by atoms with Gasteiger partial charge in [-0.3, -0.25) is 4.79 Å². The van der Waals surface area contributed by atoms with Crippen LogP contribution in [0.5, 0.6) is 0 Å². The minimum atomic E-state index is -0.748. The Hall–Kier alpha value is -2.08. The third-order valence-electron chi connectivity index (χ3n) is 4.47. The van der Waals surface area contributed by atoms with Crippen LogP contribution in [0.2, 0.25) is 0 Å². The van der Waals surface area contributed by atoms with Gasteiger partial charge in [0.05, 0.1) is 12.2 Å². The van der Waals surface area contributed by atoms with Crippen LogP contribution < -0.4 is 10.6 Å². The molecule has 0 aliphatic rings. The van der Waals surface area contributed by atoms with Gasteiger partial charge in [0.25, 0.3) is 0 Å². The van der Waals surface area contributed by atoms with Crippen LogP contribution in [0.25, 0.3) is 0 Å². The fraction of sp³-hybridized carbons (Fsp3) is 0.600. The lowest BCUT2D eigenvalue weighted by Gasteiger charge is -2.26. The van der Waals surface area contributed by atoms with E-state index in [1.807, 2.05) is 26.8 Å². The third kappa shape index (κ3) is 7.87. The molecule has 1 rings (SSSR count). The van der Waals surface area contributed by atoms with Crippen molar-refractivity contribution in [3.63, 3.8) is 0 Å². The molecule has 0 radical (unpaired) electrons. The van der Waals surface area contributed by atoms with Crippen molar-refractivity contribution in [2.75, 3.05) is 25.0 Å². The van der Waals surface area contributed by atoms with Crippen molar-refractivity contribution >= 4 is 17.6 Å². The number of alkyl carbamates (subject to hydrolysis) is 1. The topological polar surface area (TPSA) is 87.7 Å². The molecule has 1 aromatic carbocycles. The first-order chi connectivity index (χ1) is 12.4. The largest absolute Gasteiger partial charge is 0.450 e. The molecule has 1 aromatic rings. The normalized spacial score (nSPS) is 11.1. The summed E-state index contributed by atoms with van der Waals surface area (Å²) >= 11 is 0. The molecule has 1 amide bonds. The predicted molar refractivity (Wildman–Crippen MR) is 104 cm³/mol. The fourth-order valence-electron chi connectivity index (χ4n) is 2.35. The number of rotatable bonds is 12. The highest BCUT2D eigenvalue weighted by molar-refractivity contribution is 5.97. The standard InChI is InChI=1S/C20H32N2O4/c1-4-7-13-26-19(24)21-12-11-18(23)16-9-8-10-17(14-16)22-15-20(25,5-2)6-3/h8-10,14,22,25H,4-7,11-13,15H2,1-3H3,(H,21,24). The van der Waals surface area contributed by atoms with Crippen LogP contribution in [0.3, 0.4) is 0 Å². The first-order valence-corrected chi connectivity index (χ1v) is 9.44. The Labute approximate surface area is 156 Å². The summed E-state index contributed by atoms with van der Waals surface area (Å²) in [5, 5.41) is 16.1. The minimum absolute atomic E-state index is 0.0521. The Morgan fingerprint density at radius 3 is 2.58 bits per heavy atom. The second kappa shape index (κ2) is 11.5. The van der Waals surface area contributed by atoms with Crippen LogP contribution in [0.4, 0.5) is 10.5 Å². The molecule has 0 saturated heterocycles. The summed E-state index contributed by atoms with van der Waals surface area (Å²) in [6.07, 6.45) is 2.84. The number of carbonyl (C=O) groups excluding carboxylic acids is 2. The molecule has 146 valence electrons. The number of aliphatic hydroxyl groups is 1. The van der Waals surface area contributed by atoms with Gasteiger partial charge in [-0.25, -0.2) is 4.79 Å². The molecule has 0 saturated carbocycles. The maximum absolute atomic E-state index is 12.3. The Kier molecular flexibility index (Phi) is 9.73. The van der Waals surface area contributed by atoms with Crippen molar-refractivity contribution in [1.82, 2.24) is 5.32 Å². The van der Waals surface area contributed by atoms with Crippen molar-refractivity contribution in [2.45, 2.75) is 58.5 Å². The van der Waals surface area contributed by atoms with Crippen LogP contribution in [0, 0.1) is 0 Å². The van der Waals surface area contributed by atoms with Gasteiger partial charge in [0.1, 0.15) is 0 Å². The van der Waals surface area contributed by atoms with E-state index in [0.717, 1.165) is 18.5 Å². The number of amides is 1. The SMILES string of the molecule is CCCCOC(=O)NCCC(=O)c1cccc(NCC(O)(CC)CC)c1. The minimum Gasteiger partial charge on any atom is -0.450 e. The molecule has 0 aliphatic carbocycles. The molecule has 6 heteroatoms. The molecule has 26 heavy (non-hydrogen) atoms. The molecule has 0 aliphatic heterocycles. The summed E-state index contributed by atoms with van der Waals surface area (Å²) in [5.74, 6) is -0.0521. The van der Waals surface area contributed by atoms with E-state index in [1.165, 1.54) is 0 Å². The maximum atomic E-state index is 12.3. The molecule has 0 spiro atoms. The summed E-state index contributed by atoms with van der Waals surface area (Å²) in [5.41, 5.74) is 0.623. The lowest BCUT2D eigenvalue weighted by atomic mass is 9.97. The van der Waals surface area contributed by atoms with Crippen molar-refractivity contribution in [1.29, 1.82) is 0 Å². The smallest absolute Gasteiger partial charge is 0.407 e. The van der Waals surface area contributed by atoms with Crippen molar-refractivity contribution in [2.24, 2.45) is 0 Å². The second-order valence-corrected chi connectivity index (χ2v) is 6.46. The van der Waals surface area contributed by atoms with Gasteiger partial charge in [-0.15, -0.1) is 0 Å². The first kappa shape index (κ1) is 22.0. The number of unbranched alkanes of at least 4 members (excludes halogenated alkanes) is 1. The van der Waals surface area contributed by atoms with E-state index in [9.17, 15) is 14.7 Å². The molecule has 3 N–H and O–H groups in total. The van der Waals surface area contributed by atoms with Gasteiger partial charge in [-0.1, -0.05) is 39.3 Å². The number of Topliss-reactive ketones (excluding diaryl/α,β-unsaturated/α-hetero) is 1. The number of hydrogen-bond acceptors (Lipinski definition) is 5. The highest BCUT2D eigenvalue weighted by Crippen LogP contribution is 2.18. The first-order valence-electron chi connectivity index (χ1n) is 9.44. The molecular weight excluding hydrogens is 332 g/mol. The highest BCUT2D eigenvalue weighted by Gasteiger charge is 2.21. The van der Waals surface area contributed by atoms with Crippen LogP contribution in [-0.2, 0) is 4.74 Å². The predicted octanol–water partition coefficient (Wildman–Crippen LogP) is 3.75. The number of benzene rings is 1. The van der Waals surface area contributed by atoms with E-state index in [2.05, 4.69) is 10.6 Å². The number of carbonyl (C=O) groups is 2. The fourth-order valence-corrected chi connectivity index (χ4v) is 2.35. The number of ether oxygens (including phenoxy) is 1. The molecule has 0 aromatic heterocycles. The van der Waals surface area contributed by atoms with Crippen LogP contribution in [-0.4, -0.2) is 42.3 Å². The van der Waals surface area contributed by atoms with Gasteiger partial charge in [0, 0.05) is 30.8 Å². The molecule has 0 atom stereocenters. The molecule has 6 nitrogen and oxygen atoms in total. The average molecular weight is 364 g/mol. The van der Waals surface area contributed by atoms with E-state index in [1.54, 1.807) is 18.2 Å². The summed E-state index contributed by atoms with van der Waals surface area (Å²) in [7, 11) is 0. The Morgan fingerprint density at radius 2 is 1.92 bits per heavy atom. The summed E-state index contributed by atoms with van der Waals surface area (Å²) in [4.78, 5) is 23.7. The zero-order chi connectivity index (χ0) is 19.4. The quantitative estimate of drug-likeness (QED) is 0.388.